The number of carbonyl (C=O) groups excluding carboxylic acids is 2. The molecule has 1 fully saturated rings. The molecule has 2 unspecified atom stereocenters. The van der Waals surface area contributed by atoms with E-state index in [1.54, 1.807) is 19.1 Å². The minimum atomic E-state index is -0.443. The zero-order chi connectivity index (χ0) is 17.7. The molecule has 0 saturated carbocycles. The van der Waals surface area contributed by atoms with Crippen LogP contribution in [0.3, 0.4) is 0 Å². The minimum Gasteiger partial charge on any atom is -0.337 e. The van der Waals surface area contributed by atoms with E-state index in [9.17, 15) is 14.0 Å². The fourth-order valence-electron chi connectivity index (χ4n) is 2.70. The third-order valence-electron chi connectivity index (χ3n) is 4.00. The number of hydrogen-bond acceptors (Lipinski definition) is 4. The average Bonchev–Trinajstić information content (AvgIpc) is 2.55. The van der Waals surface area contributed by atoms with Gasteiger partial charge in [-0.15, -0.1) is 0 Å². The number of anilines is 1. The van der Waals surface area contributed by atoms with Gasteiger partial charge in [0, 0.05) is 37.9 Å². The van der Waals surface area contributed by atoms with Crippen LogP contribution in [0.1, 0.15) is 12.0 Å². The van der Waals surface area contributed by atoms with Gasteiger partial charge in [-0.3, -0.25) is 4.79 Å². The van der Waals surface area contributed by atoms with Crippen molar-refractivity contribution in [1.29, 1.82) is 0 Å². The van der Waals surface area contributed by atoms with Gasteiger partial charge in [-0.2, -0.15) is 0 Å². The average molecular weight is 337 g/mol. The van der Waals surface area contributed by atoms with Crippen LogP contribution in [-0.2, 0) is 4.79 Å². The van der Waals surface area contributed by atoms with Gasteiger partial charge in [0.25, 0.3) is 0 Å². The lowest BCUT2D eigenvalue weighted by atomic mass is 9.94. The highest BCUT2D eigenvalue weighted by atomic mass is 19.1. The van der Waals surface area contributed by atoms with Crippen molar-refractivity contribution in [3.8, 4) is 0 Å². The number of carbonyl (C=O) groups is 2. The molecule has 24 heavy (non-hydrogen) atoms. The third-order valence-corrected chi connectivity index (χ3v) is 4.00. The Bertz CT molecular complexity index is 610. The standard InChI is InChI=1S/C16H24FN5O2/c1-10-2-3-13(7-14(10)17)21-15(23)11-6-12(19)9-22(8-11)16(24)20-5-4-18/h2-3,7,11-12H,4-6,8-9,18-19H2,1H3,(H,20,24)(H,21,23). The van der Waals surface area contributed by atoms with Gasteiger partial charge >= 0.3 is 6.03 Å². The number of benzene rings is 1. The Morgan fingerprint density at radius 1 is 1.38 bits per heavy atom. The normalized spacial score (nSPS) is 20.6. The highest BCUT2D eigenvalue weighted by molar-refractivity contribution is 5.93. The van der Waals surface area contributed by atoms with Crippen molar-refractivity contribution in [3.63, 3.8) is 0 Å². The molecule has 0 radical (unpaired) electrons. The molecular formula is C16H24FN5O2. The first kappa shape index (κ1) is 18.2. The number of piperidine rings is 1. The molecule has 2 rings (SSSR count). The SMILES string of the molecule is Cc1ccc(NC(=O)C2CC(N)CN(C(=O)NCCN)C2)cc1F. The van der Waals surface area contributed by atoms with Crippen molar-refractivity contribution in [3.05, 3.63) is 29.6 Å². The first-order chi connectivity index (χ1) is 11.4. The number of nitrogens with one attached hydrogen (secondary N) is 2. The van der Waals surface area contributed by atoms with Gasteiger partial charge in [0.15, 0.2) is 0 Å². The molecule has 6 N–H and O–H groups in total. The van der Waals surface area contributed by atoms with Gasteiger partial charge in [-0.1, -0.05) is 6.07 Å². The zero-order valence-electron chi connectivity index (χ0n) is 13.7. The van der Waals surface area contributed by atoms with Crippen LogP contribution in [0.2, 0.25) is 0 Å². The summed E-state index contributed by atoms with van der Waals surface area (Å²) in [4.78, 5) is 26.0. The van der Waals surface area contributed by atoms with Crippen LogP contribution < -0.4 is 22.1 Å². The highest BCUT2D eigenvalue weighted by Gasteiger charge is 2.32. The van der Waals surface area contributed by atoms with E-state index in [1.807, 2.05) is 0 Å². The summed E-state index contributed by atoms with van der Waals surface area (Å²) in [7, 11) is 0. The Morgan fingerprint density at radius 2 is 2.12 bits per heavy atom. The lowest BCUT2D eigenvalue weighted by Crippen LogP contribution is -2.55. The molecule has 1 aromatic carbocycles. The Balaban J connectivity index is 1.99. The van der Waals surface area contributed by atoms with E-state index < -0.39 is 5.92 Å². The Kier molecular flexibility index (Phi) is 6.10. The highest BCUT2D eigenvalue weighted by Crippen LogP contribution is 2.20. The van der Waals surface area contributed by atoms with Gasteiger partial charge in [0.1, 0.15) is 5.82 Å². The summed E-state index contributed by atoms with van der Waals surface area (Å²) >= 11 is 0. The number of likely N-dealkylation sites (tertiary alicyclic amines) is 1. The van der Waals surface area contributed by atoms with Gasteiger partial charge in [0.05, 0.1) is 5.92 Å². The maximum absolute atomic E-state index is 13.6. The predicted molar refractivity (Wildman–Crippen MR) is 89.9 cm³/mol. The number of nitrogens with zero attached hydrogens (tertiary/aromatic N) is 1. The first-order valence-corrected chi connectivity index (χ1v) is 7.96. The van der Waals surface area contributed by atoms with E-state index in [0.717, 1.165) is 0 Å². The van der Waals surface area contributed by atoms with Crippen molar-refractivity contribution in [2.24, 2.45) is 17.4 Å². The van der Waals surface area contributed by atoms with Crippen molar-refractivity contribution < 1.29 is 14.0 Å². The molecular weight excluding hydrogens is 313 g/mol. The van der Waals surface area contributed by atoms with Gasteiger partial charge in [-0.25, -0.2) is 9.18 Å². The summed E-state index contributed by atoms with van der Waals surface area (Å²) in [5.74, 6) is -1.09. The molecule has 8 heteroatoms. The molecule has 132 valence electrons. The summed E-state index contributed by atoms with van der Waals surface area (Å²) in [5.41, 5.74) is 12.2. The van der Waals surface area contributed by atoms with Crippen molar-refractivity contribution in [1.82, 2.24) is 10.2 Å². The smallest absolute Gasteiger partial charge is 0.317 e. The second-order valence-electron chi connectivity index (χ2n) is 6.07. The molecule has 0 aromatic heterocycles. The molecule has 0 aliphatic carbocycles. The van der Waals surface area contributed by atoms with E-state index in [2.05, 4.69) is 10.6 Å². The summed E-state index contributed by atoms with van der Waals surface area (Å²) in [6.07, 6.45) is 0.473. The van der Waals surface area contributed by atoms with Crippen molar-refractivity contribution in [2.75, 3.05) is 31.5 Å². The largest absolute Gasteiger partial charge is 0.337 e. The van der Waals surface area contributed by atoms with Crippen molar-refractivity contribution in [2.45, 2.75) is 19.4 Å². The van der Waals surface area contributed by atoms with Gasteiger partial charge < -0.3 is 27.0 Å². The summed E-state index contributed by atoms with van der Waals surface area (Å²) < 4.78 is 13.6. The molecule has 1 heterocycles. The molecule has 0 spiro atoms. The van der Waals surface area contributed by atoms with Crippen molar-refractivity contribution >= 4 is 17.6 Å². The summed E-state index contributed by atoms with van der Waals surface area (Å²) in [6.45, 7) is 3.02. The lowest BCUT2D eigenvalue weighted by Gasteiger charge is -2.35. The summed E-state index contributed by atoms with van der Waals surface area (Å²) in [5, 5.41) is 5.36. The fraction of sp³-hybridized carbons (Fsp3) is 0.500. The topological polar surface area (TPSA) is 113 Å². The van der Waals surface area contributed by atoms with Crippen LogP contribution in [0.25, 0.3) is 0 Å². The van der Waals surface area contributed by atoms with Crippen LogP contribution in [0, 0.1) is 18.7 Å². The lowest BCUT2D eigenvalue weighted by molar-refractivity contribution is -0.121. The number of aryl methyl sites for hydroxylation is 1. The van der Waals surface area contributed by atoms with E-state index in [1.165, 1.54) is 11.0 Å². The minimum absolute atomic E-state index is 0.268. The van der Waals surface area contributed by atoms with E-state index >= 15 is 0 Å². The van der Waals surface area contributed by atoms with E-state index in [0.29, 0.717) is 37.3 Å². The van der Waals surface area contributed by atoms with Crippen LogP contribution in [0.5, 0.6) is 0 Å². The first-order valence-electron chi connectivity index (χ1n) is 7.96. The number of rotatable bonds is 4. The van der Waals surface area contributed by atoms with Crippen LogP contribution in [0.15, 0.2) is 18.2 Å². The van der Waals surface area contributed by atoms with Crippen LogP contribution in [0.4, 0.5) is 14.9 Å². The maximum Gasteiger partial charge on any atom is 0.317 e. The number of halogens is 1. The van der Waals surface area contributed by atoms with Gasteiger partial charge in [0.2, 0.25) is 5.91 Å². The molecule has 7 nitrogen and oxygen atoms in total. The molecule has 1 aliphatic rings. The molecule has 1 saturated heterocycles. The second kappa shape index (κ2) is 8.07. The van der Waals surface area contributed by atoms with E-state index in [4.69, 9.17) is 11.5 Å². The number of hydrogen-bond donors (Lipinski definition) is 4. The second-order valence-corrected chi connectivity index (χ2v) is 6.07. The van der Waals surface area contributed by atoms with Crippen LogP contribution in [-0.4, -0.2) is 49.1 Å². The fourth-order valence-corrected chi connectivity index (χ4v) is 2.70. The van der Waals surface area contributed by atoms with E-state index in [-0.39, 0.29) is 30.3 Å². The van der Waals surface area contributed by atoms with Crippen LogP contribution >= 0.6 is 0 Å². The monoisotopic (exact) mass is 337 g/mol. The molecule has 1 aliphatic heterocycles. The number of amides is 3. The Labute approximate surface area is 140 Å². The van der Waals surface area contributed by atoms with Gasteiger partial charge in [-0.05, 0) is 31.0 Å². The Hall–Kier alpha value is -2.19. The molecule has 0 bridgehead atoms. The maximum atomic E-state index is 13.6. The summed E-state index contributed by atoms with van der Waals surface area (Å²) in [6, 6.07) is 3.96. The molecule has 1 aromatic rings. The Morgan fingerprint density at radius 3 is 2.79 bits per heavy atom. The predicted octanol–water partition coefficient (Wildman–Crippen LogP) is 0.390. The zero-order valence-corrected chi connectivity index (χ0v) is 13.7. The number of nitrogens with two attached hydrogens (primary N) is 2. The quantitative estimate of drug-likeness (QED) is 0.636. The molecule has 2 atom stereocenters. The number of urea groups is 1. The molecule has 3 amide bonds. The third kappa shape index (κ3) is 4.65.